The second-order valence-corrected chi connectivity index (χ2v) is 9.19. The van der Waals surface area contributed by atoms with Gasteiger partial charge < -0.3 is 5.11 Å². The number of unbranched alkanes of at least 4 members (excludes halogenated alkanes) is 7. The summed E-state index contributed by atoms with van der Waals surface area (Å²) < 4.78 is 15.2. The summed E-state index contributed by atoms with van der Waals surface area (Å²) in [7, 11) is -1.42. The normalized spacial score (nSPS) is 14.0. The minimum atomic E-state index is -1.42. The highest BCUT2D eigenvalue weighted by Crippen LogP contribution is 2.24. The van der Waals surface area contributed by atoms with Gasteiger partial charge in [0.1, 0.15) is 15.2 Å². The molecule has 144 valence electrons. The molecule has 0 spiro atoms. The molecule has 0 aliphatic rings. The van der Waals surface area contributed by atoms with Crippen LogP contribution in [-0.2, 0) is 11.0 Å². The summed E-state index contributed by atoms with van der Waals surface area (Å²) in [6, 6.07) is 0. The molecule has 0 saturated carbocycles. The number of nitrogens with zero attached hydrogens (tertiary/aromatic N) is 3. The van der Waals surface area contributed by atoms with E-state index in [9.17, 15) is 14.2 Å². The molecule has 0 bridgehead atoms. The zero-order chi connectivity index (χ0) is 18.7. The van der Waals surface area contributed by atoms with Crippen molar-refractivity contribution in [3.8, 4) is 0 Å². The van der Waals surface area contributed by atoms with E-state index >= 15 is 0 Å². The highest BCUT2D eigenvalue weighted by molar-refractivity contribution is 7.85. The van der Waals surface area contributed by atoms with Crippen molar-refractivity contribution >= 4 is 22.3 Å². The first-order valence-corrected chi connectivity index (χ1v) is 11.0. The van der Waals surface area contributed by atoms with Gasteiger partial charge in [-0.05, 0) is 25.4 Å². The Bertz CT molecular complexity index is 537. The van der Waals surface area contributed by atoms with Crippen LogP contribution in [0, 0.1) is 18.8 Å². The molecule has 0 radical (unpaired) electrons. The second-order valence-electron chi connectivity index (χ2n) is 6.30. The molecule has 0 fully saturated rings. The largest absolute Gasteiger partial charge is 0.368 e. The van der Waals surface area contributed by atoms with Gasteiger partial charge in [-0.2, -0.15) is 0 Å². The lowest BCUT2D eigenvalue weighted by molar-refractivity contribution is 0.154. The summed E-state index contributed by atoms with van der Waals surface area (Å²) in [6.07, 6.45) is 8.12. The first kappa shape index (κ1) is 22.3. The average Bonchev–Trinajstić information content (AvgIpc) is 2.93. The zero-order valence-electron chi connectivity index (χ0n) is 15.6. The van der Waals surface area contributed by atoms with E-state index in [1.54, 1.807) is 4.31 Å². The lowest BCUT2D eigenvalue weighted by Crippen LogP contribution is -2.34. The van der Waals surface area contributed by atoms with Crippen LogP contribution in [0.15, 0.2) is 9.39 Å². The van der Waals surface area contributed by atoms with Gasteiger partial charge in [-0.1, -0.05) is 51.9 Å². The minimum absolute atomic E-state index is 0.0109. The van der Waals surface area contributed by atoms with Crippen LogP contribution in [0.5, 0.6) is 0 Å². The van der Waals surface area contributed by atoms with Crippen molar-refractivity contribution in [3.05, 3.63) is 15.6 Å². The number of nitroso groups, excluding NO2 is 1. The van der Waals surface area contributed by atoms with Gasteiger partial charge in [-0.15, -0.1) is 16.2 Å². The fraction of sp³-hybridized carbons (Fsp3) is 0.824. The monoisotopic (exact) mass is 389 g/mol. The Morgan fingerprint density at radius 2 is 1.76 bits per heavy atom. The number of aryl methyl sites for hydroxylation is 2. The quantitative estimate of drug-likeness (QED) is 0.380. The smallest absolute Gasteiger partial charge is 0.200 e. The first-order chi connectivity index (χ1) is 12.0. The Labute approximate surface area is 157 Å². The Kier molecular flexibility index (Phi) is 11.3. The minimum Gasteiger partial charge on any atom is -0.368 e. The van der Waals surface area contributed by atoms with Crippen molar-refractivity contribution in [2.75, 3.05) is 13.1 Å². The number of hydrogen-bond donors (Lipinski definition) is 1. The Balaban J connectivity index is 2.49. The summed E-state index contributed by atoms with van der Waals surface area (Å²) in [5.41, 5.74) is 0.746. The number of aliphatic hydroxyl groups is 1. The topological polar surface area (TPSA) is 82.9 Å². The van der Waals surface area contributed by atoms with E-state index in [2.05, 4.69) is 17.1 Å². The fourth-order valence-electron chi connectivity index (χ4n) is 2.67. The van der Waals surface area contributed by atoms with Crippen molar-refractivity contribution in [1.82, 2.24) is 9.29 Å². The Morgan fingerprint density at radius 3 is 2.28 bits per heavy atom. The molecule has 25 heavy (non-hydrogen) atoms. The molecule has 0 amide bonds. The Morgan fingerprint density at radius 1 is 1.16 bits per heavy atom. The van der Waals surface area contributed by atoms with Gasteiger partial charge >= 0.3 is 0 Å². The molecule has 0 saturated heterocycles. The van der Waals surface area contributed by atoms with E-state index in [-0.39, 0.29) is 6.54 Å². The van der Waals surface area contributed by atoms with E-state index in [1.807, 2.05) is 13.8 Å². The predicted molar refractivity (Wildman–Crippen MR) is 104 cm³/mol. The lowest BCUT2D eigenvalue weighted by Gasteiger charge is -2.21. The number of rotatable bonds is 14. The maximum absolute atomic E-state index is 12.8. The van der Waals surface area contributed by atoms with Gasteiger partial charge in [0.05, 0.1) is 17.2 Å². The van der Waals surface area contributed by atoms with Crippen LogP contribution in [-0.4, -0.2) is 37.9 Å². The Hall–Kier alpha value is -0.700. The van der Waals surface area contributed by atoms with Gasteiger partial charge in [0, 0.05) is 6.54 Å². The average molecular weight is 390 g/mol. The lowest BCUT2D eigenvalue weighted by atomic mass is 10.1. The van der Waals surface area contributed by atoms with Crippen LogP contribution in [0.2, 0.25) is 0 Å². The predicted octanol–water partition coefficient (Wildman–Crippen LogP) is 4.31. The van der Waals surface area contributed by atoms with Crippen molar-refractivity contribution in [2.45, 2.75) is 82.6 Å². The molecule has 2 unspecified atom stereocenters. The van der Waals surface area contributed by atoms with E-state index in [4.69, 9.17) is 0 Å². The number of thiazole rings is 1. The maximum atomic E-state index is 12.8. The summed E-state index contributed by atoms with van der Waals surface area (Å²) in [5, 5.41) is 13.1. The molecule has 1 heterocycles. The molecule has 0 aromatic carbocycles. The third-order valence-corrected chi connectivity index (χ3v) is 6.96. The van der Waals surface area contributed by atoms with Gasteiger partial charge in [0.15, 0.2) is 0 Å². The molecule has 0 aliphatic carbocycles. The third-order valence-electron chi connectivity index (χ3n) is 4.00. The molecule has 1 aromatic rings. The molecule has 2 atom stereocenters. The third kappa shape index (κ3) is 8.48. The molecule has 8 heteroatoms. The molecule has 1 rings (SSSR count). The van der Waals surface area contributed by atoms with Crippen LogP contribution in [0.4, 0.5) is 0 Å². The van der Waals surface area contributed by atoms with E-state index in [0.717, 1.165) is 30.0 Å². The summed E-state index contributed by atoms with van der Waals surface area (Å²) >= 11 is 1.40. The van der Waals surface area contributed by atoms with Crippen LogP contribution in [0.1, 0.15) is 69.0 Å². The number of aliphatic hydroxyl groups excluding tert-OH is 1. The highest BCUT2D eigenvalue weighted by Gasteiger charge is 2.22. The van der Waals surface area contributed by atoms with Crippen molar-refractivity contribution in [2.24, 2.45) is 5.18 Å². The number of aromatic nitrogens is 1. The van der Waals surface area contributed by atoms with Crippen molar-refractivity contribution in [3.63, 3.8) is 0 Å². The van der Waals surface area contributed by atoms with Crippen molar-refractivity contribution in [1.29, 1.82) is 0 Å². The molecule has 1 N–H and O–H groups in total. The molecular formula is C17H31N3O3S2. The SMILES string of the molecule is CCCCCCCCCCN(CC(O)N=O)S(=O)c1sc(C)nc1C. The molecule has 6 nitrogen and oxygen atoms in total. The van der Waals surface area contributed by atoms with Crippen LogP contribution >= 0.6 is 11.3 Å². The van der Waals surface area contributed by atoms with Crippen LogP contribution < -0.4 is 0 Å². The van der Waals surface area contributed by atoms with Crippen molar-refractivity contribution < 1.29 is 9.32 Å². The highest BCUT2D eigenvalue weighted by atomic mass is 32.2. The maximum Gasteiger partial charge on any atom is 0.200 e. The zero-order valence-corrected chi connectivity index (χ0v) is 17.2. The fourth-order valence-corrected chi connectivity index (χ4v) is 5.38. The summed E-state index contributed by atoms with van der Waals surface area (Å²) in [6.45, 7) is 6.49. The van der Waals surface area contributed by atoms with Gasteiger partial charge in [-0.25, -0.2) is 13.5 Å². The van der Waals surface area contributed by atoms with E-state index < -0.39 is 17.2 Å². The van der Waals surface area contributed by atoms with Gasteiger partial charge in [-0.3, -0.25) is 0 Å². The van der Waals surface area contributed by atoms with E-state index in [1.165, 1.54) is 43.4 Å². The molecule has 1 aromatic heterocycles. The first-order valence-electron chi connectivity index (χ1n) is 9.11. The molecular weight excluding hydrogens is 358 g/mol. The van der Waals surface area contributed by atoms with Crippen LogP contribution in [0.25, 0.3) is 0 Å². The van der Waals surface area contributed by atoms with E-state index in [0.29, 0.717) is 10.8 Å². The number of hydrogen-bond acceptors (Lipinski definition) is 6. The standard InChI is InChI=1S/C17H31N3O3S2/c1-4-5-6-7-8-9-10-11-12-20(13-16(21)19-22)25(23)17-14(2)18-15(3)24-17/h16,21H,4-13H2,1-3H3. The van der Waals surface area contributed by atoms with Gasteiger partial charge in [0.25, 0.3) is 0 Å². The molecule has 0 aliphatic heterocycles. The summed E-state index contributed by atoms with van der Waals surface area (Å²) in [4.78, 5) is 14.8. The summed E-state index contributed by atoms with van der Waals surface area (Å²) in [5.74, 6) is 0. The second kappa shape index (κ2) is 12.6. The van der Waals surface area contributed by atoms with Crippen LogP contribution in [0.3, 0.4) is 0 Å². The van der Waals surface area contributed by atoms with Gasteiger partial charge in [0.2, 0.25) is 6.23 Å².